The van der Waals surface area contributed by atoms with Crippen LogP contribution in [0.4, 0.5) is 0 Å². The normalized spacial score (nSPS) is 9.64. The SMILES string of the molecule is Cc1cc(CNC=O)nn1C. The molecule has 0 aliphatic carbocycles. The van der Waals surface area contributed by atoms with E-state index in [-0.39, 0.29) is 0 Å². The first kappa shape index (κ1) is 7.78. The smallest absolute Gasteiger partial charge is 0.207 e. The summed E-state index contributed by atoms with van der Waals surface area (Å²) in [7, 11) is 1.87. The van der Waals surface area contributed by atoms with E-state index in [1.807, 2.05) is 20.0 Å². The molecule has 4 heteroatoms. The van der Waals surface area contributed by atoms with Crippen molar-refractivity contribution >= 4 is 6.41 Å². The van der Waals surface area contributed by atoms with E-state index in [0.29, 0.717) is 13.0 Å². The highest BCUT2D eigenvalue weighted by atomic mass is 16.1. The standard InChI is InChI=1S/C7H11N3O/c1-6-3-7(4-8-5-11)9-10(6)2/h3,5H,4H2,1-2H3,(H,8,11). The van der Waals surface area contributed by atoms with E-state index in [0.717, 1.165) is 11.4 Å². The zero-order valence-corrected chi connectivity index (χ0v) is 6.66. The number of nitrogens with zero attached hydrogens (tertiary/aromatic N) is 2. The van der Waals surface area contributed by atoms with Crippen molar-refractivity contribution in [3.63, 3.8) is 0 Å². The molecule has 0 bridgehead atoms. The molecule has 1 aromatic rings. The molecule has 0 aromatic carbocycles. The van der Waals surface area contributed by atoms with E-state index >= 15 is 0 Å². The van der Waals surface area contributed by atoms with Crippen LogP contribution in [-0.4, -0.2) is 16.2 Å². The monoisotopic (exact) mass is 153 g/mol. The van der Waals surface area contributed by atoms with Crippen molar-refractivity contribution < 1.29 is 4.79 Å². The van der Waals surface area contributed by atoms with Crippen LogP contribution >= 0.6 is 0 Å². The second kappa shape index (κ2) is 3.18. The molecule has 0 saturated carbocycles. The van der Waals surface area contributed by atoms with Crippen molar-refractivity contribution in [1.29, 1.82) is 0 Å². The second-order valence-corrected chi connectivity index (χ2v) is 2.40. The lowest BCUT2D eigenvalue weighted by molar-refractivity contribution is -0.109. The topological polar surface area (TPSA) is 46.9 Å². The van der Waals surface area contributed by atoms with Crippen molar-refractivity contribution in [2.24, 2.45) is 7.05 Å². The van der Waals surface area contributed by atoms with Gasteiger partial charge in [-0.05, 0) is 13.0 Å². The quantitative estimate of drug-likeness (QED) is 0.620. The summed E-state index contributed by atoms with van der Waals surface area (Å²) < 4.78 is 1.78. The van der Waals surface area contributed by atoms with Crippen molar-refractivity contribution in [2.75, 3.05) is 0 Å². The number of aryl methyl sites for hydroxylation is 2. The van der Waals surface area contributed by atoms with Gasteiger partial charge in [-0.3, -0.25) is 9.48 Å². The number of hydrogen-bond acceptors (Lipinski definition) is 2. The maximum absolute atomic E-state index is 9.92. The summed E-state index contributed by atoms with van der Waals surface area (Å²) in [4.78, 5) is 9.92. The van der Waals surface area contributed by atoms with Gasteiger partial charge in [-0.1, -0.05) is 0 Å². The molecular weight excluding hydrogens is 142 g/mol. The van der Waals surface area contributed by atoms with Gasteiger partial charge < -0.3 is 5.32 Å². The molecule has 60 valence electrons. The number of rotatable bonds is 3. The Balaban J connectivity index is 2.64. The molecule has 0 radical (unpaired) electrons. The average molecular weight is 153 g/mol. The molecule has 1 aromatic heterocycles. The van der Waals surface area contributed by atoms with Crippen LogP contribution in [0.1, 0.15) is 11.4 Å². The molecule has 0 atom stereocenters. The Hall–Kier alpha value is -1.32. The van der Waals surface area contributed by atoms with Crippen molar-refractivity contribution in [1.82, 2.24) is 15.1 Å². The predicted molar refractivity (Wildman–Crippen MR) is 40.8 cm³/mol. The van der Waals surface area contributed by atoms with E-state index in [9.17, 15) is 4.79 Å². The molecule has 1 N–H and O–H groups in total. The van der Waals surface area contributed by atoms with Crippen LogP contribution in [0.25, 0.3) is 0 Å². The molecular formula is C7H11N3O. The van der Waals surface area contributed by atoms with Gasteiger partial charge in [0.15, 0.2) is 0 Å². The molecule has 0 fully saturated rings. The van der Waals surface area contributed by atoms with Gasteiger partial charge in [0.2, 0.25) is 6.41 Å². The fraction of sp³-hybridized carbons (Fsp3) is 0.429. The number of amides is 1. The number of carbonyl (C=O) groups excluding carboxylic acids is 1. The van der Waals surface area contributed by atoms with E-state index in [4.69, 9.17) is 0 Å². The number of aromatic nitrogens is 2. The van der Waals surface area contributed by atoms with Gasteiger partial charge in [-0.2, -0.15) is 5.10 Å². The maximum Gasteiger partial charge on any atom is 0.207 e. The summed E-state index contributed by atoms with van der Waals surface area (Å²) >= 11 is 0. The van der Waals surface area contributed by atoms with Crippen LogP contribution in [0.15, 0.2) is 6.07 Å². The van der Waals surface area contributed by atoms with Gasteiger partial charge in [-0.25, -0.2) is 0 Å². The molecule has 1 amide bonds. The lowest BCUT2D eigenvalue weighted by atomic mass is 10.4. The van der Waals surface area contributed by atoms with Crippen LogP contribution in [0.3, 0.4) is 0 Å². The van der Waals surface area contributed by atoms with E-state index < -0.39 is 0 Å². The molecule has 0 unspecified atom stereocenters. The molecule has 1 heterocycles. The van der Waals surface area contributed by atoms with Crippen LogP contribution < -0.4 is 5.32 Å². The molecule has 1 rings (SSSR count). The van der Waals surface area contributed by atoms with Crippen LogP contribution in [-0.2, 0) is 18.4 Å². The Morgan fingerprint density at radius 1 is 1.82 bits per heavy atom. The largest absolute Gasteiger partial charge is 0.353 e. The van der Waals surface area contributed by atoms with E-state index in [1.165, 1.54) is 0 Å². The summed E-state index contributed by atoms with van der Waals surface area (Å²) in [6.07, 6.45) is 0.671. The molecule has 11 heavy (non-hydrogen) atoms. The molecule has 4 nitrogen and oxygen atoms in total. The maximum atomic E-state index is 9.92. The summed E-state index contributed by atoms with van der Waals surface area (Å²) in [6.45, 7) is 2.47. The first-order valence-corrected chi connectivity index (χ1v) is 3.40. The van der Waals surface area contributed by atoms with E-state index in [1.54, 1.807) is 4.68 Å². The Morgan fingerprint density at radius 2 is 2.55 bits per heavy atom. The van der Waals surface area contributed by atoms with Gasteiger partial charge >= 0.3 is 0 Å². The highest BCUT2D eigenvalue weighted by Crippen LogP contribution is 1.99. The summed E-state index contributed by atoms with van der Waals surface area (Å²) in [5.74, 6) is 0. The van der Waals surface area contributed by atoms with Crippen LogP contribution in [0, 0.1) is 6.92 Å². The zero-order valence-electron chi connectivity index (χ0n) is 6.66. The number of hydrogen-bond donors (Lipinski definition) is 1. The van der Waals surface area contributed by atoms with Gasteiger partial charge in [0.25, 0.3) is 0 Å². The lowest BCUT2D eigenvalue weighted by Gasteiger charge is -1.91. The molecule has 0 spiro atoms. The van der Waals surface area contributed by atoms with Gasteiger partial charge in [0.05, 0.1) is 12.2 Å². The molecule has 0 aliphatic rings. The van der Waals surface area contributed by atoms with E-state index in [2.05, 4.69) is 10.4 Å². The highest BCUT2D eigenvalue weighted by molar-refractivity contribution is 5.45. The highest BCUT2D eigenvalue weighted by Gasteiger charge is 1.98. The number of nitrogens with one attached hydrogen (secondary N) is 1. The van der Waals surface area contributed by atoms with Gasteiger partial charge in [0, 0.05) is 12.7 Å². The summed E-state index contributed by atoms with van der Waals surface area (Å²) in [5, 5.41) is 6.69. The van der Waals surface area contributed by atoms with Crippen molar-refractivity contribution in [3.8, 4) is 0 Å². The fourth-order valence-electron chi connectivity index (χ4n) is 0.868. The third-order valence-electron chi connectivity index (χ3n) is 1.53. The minimum atomic E-state index is 0.505. The summed E-state index contributed by atoms with van der Waals surface area (Å²) in [6, 6.07) is 1.94. The predicted octanol–water partition coefficient (Wildman–Crippen LogP) is -0.0255. The Kier molecular flexibility index (Phi) is 2.25. The Labute approximate surface area is 65.2 Å². The fourth-order valence-corrected chi connectivity index (χ4v) is 0.868. The lowest BCUT2D eigenvalue weighted by Crippen LogP contribution is -2.10. The van der Waals surface area contributed by atoms with Crippen LogP contribution in [0.2, 0.25) is 0 Å². The molecule has 0 saturated heterocycles. The van der Waals surface area contributed by atoms with Crippen LogP contribution in [0.5, 0.6) is 0 Å². The van der Waals surface area contributed by atoms with Gasteiger partial charge in [0.1, 0.15) is 0 Å². The minimum Gasteiger partial charge on any atom is -0.353 e. The summed E-state index contributed by atoms with van der Waals surface area (Å²) in [5.41, 5.74) is 1.98. The third-order valence-corrected chi connectivity index (χ3v) is 1.53. The number of carbonyl (C=O) groups is 1. The first-order chi connectivity index (χ1) is 5.24. The Morgan fingerprint density at radius 3 is 3.00 bits per heavy atom. The second-order valence-electron chi connectivity index (χ2n) is 2.40. The average Bonchev–Trinajstić information content (AvgIpc) is 2.28. The first-order valence-electron chi connectivity index (χ1n) is 3.40. The molecule has 0 aliphatic heterocycles. The van der Waals surface area contributed by atoms with Gasteiger partial charge in [-0.15, -0.1) is 0 Å². The van der Waals surface area contributed by atoms with Crippen molar-refractivity contribution in [3.05, 3.63) is 17.5 Å². The third kappa shape index (κ3) is 1.80. The van der Waals surface area contributed by atoms with Crippen molar-refractivity contribution in [2.45, 2.75) is 13.5 Å². The minimum absolute atomic E-state index is 0.505. The Bertz CT molecular complexity index is 235. The zero-order chi connectivity index (χ0) is 8.27.